The molecule has 1 aromatic rings. The summed E-state index contributed by atoms with van der Waals surface area (Å²) < 4.78 is 6.29. The van der Waals surface area contributed by atoms with Gasteiger partial charge in [0.15, 0.2) is 8.32 Å². The molecule has 0 saturated carbocycles. The van der Waals surface area contributed by atoms with Gasteiger partial charge in [0, 0.05) is 50.7 Å². The molecule has 0 radical (unpaired) electrons. The summed E-state index contributed by atoms with van der Waals surface area (Å²) in [6, 6.07) is 8.19. The highest BCUT2D eigenvalue weighted by molar-refractivity contribution is 6.74. The SMILES string of the molecule is CC(C)(C)[Si](C)(C)OCCN1CCN(c2cccc(N)c2)CC1. The van der Waals surface area contributed by atoms with E-state index >= 15 is 0 Å². The number of piperazine rings is 1. The molecule has 0 atom stereocenters. The molecule has 5 heteroatoms. The van der Waals surface area contributed by atoms with Gasteiger partial charge in [-0.25, -0.2) is 0 Å². The molecular weight excluding hydrogens is 302 g/mol. The predicted octanol–water partition coefficient (Wildman–Crippen LogP) is 3.41. The standard InChI is InChI=1S/C18H33N3OSi/c1-18(2,3)23(4,5)22-14-13-20-9-11-21(12-10-20)17-8-6-7-16(19)15-17/h6-8,15H,9-14,19H2,1-5H3. The summed E-state index contributed by atoms with van der Waals surface area (Å²) in [4.78, 5) is 4.93. The highest BCUT2D eigenvalue weighted by Crippen LogP contribution is 2.36. The van der Waals surface area contributed by atoms with Crippen molar-refractivity contribution in [1.82, 2.24) is 4.90 Å². The van der Waals surface area contributed by atoms with Crippen molar-refractivity contribution < 1.29 is 4.43 Å². The van der Waals surface area contributed by atoms with Gasteiger partial charge in [-0.3, -0.25) is 4.90 Å². The molecule has 4 nitrogen and oxygen atoms in total. The molecule has 1 aliphatic rings. The highest BCUT2D eigenvalue weighted by Gasteiger charge is 2.37. The van der Waals surface area contributed by atoms with Crippen LogP contribution in [0.3, 0.4) is 0 Å². The topological polar surface area (TPSA) is 41.7 Å². The first-order chi connectivity index (χ1) is 10.7. The molecular formula is C18H33N3OSi. The van der Waals surface area contributed by atoms with Crippen molar-refractivity contribution in [2.24, 2.45) is 0 Å². The molecule has 0 amide bonds. The van der Waals surface area contributed by atoms with Gasteiger partial charge in [-0.1, -0.05) is 26.8 Å². The average molecular weight is 336 g/mol. The lowest BCUT2D eigenvalue weighted by atomic mass is 10.2. The van der Waals surface area contributed by atoms with Crippen LogP contribution in [-0.4, -0.2) is 52.5 Å². The second-order valence-corrected chi connectivity index (χ2v) is 12.8. The van der Waals surface area contributed by atoms with Gasteiger partial charge in [0.25, 0.3) is 0 Å². The van der Waals surface area contributed by atoms with E-state index in [-0.39, 0.29) is 0 Å². The third-order valence-electron chi connectivity index (χ3n) is 5.28. The number of hydrogen-bond donors (Lipinski definition) is 1. The molecule has 1 aromatic carbocycles. The molecule has 1 heterocycles. The lowest BCUT2D eigenvalue weighted by Gasteiger charge is -2.39. The fourth-order valence-corrected chi connectivity index (χ4v) is 3.63. The van der Waals surface area contributed by atoms with Crippen LogP contribution in [0.25, 0.3) is 0 Å². The fourth-order valence-electron chi connectivity index (χ4n) is 2.60. The maximum Gasteiger partial charge on any atom is 0.192 e. The molecule has 1 fully saturated rings. The molecule has 0 aromatic heterocycles. The Morgan fingerprint density at radius 2 is 1.78 bits per heavy atom. The summed E-state index contributed by atoms with van der Waals surface area (Å²) in [6.45, 7) is 17.7. The third kappa shape index (κ3) is 4.96. The molecule has 0 aliphatic carbocycles. The molecule has 0 unspecified atom stereocenters. The summed E-state index contributed by atoms with van der Waals surface area (Å²) in [5.74, 6) is 0. The van der Waals surface area contributed by atoms with Gasteiger partial charge in [0.05, 0.1) is 0 Å². The molecule has 23 heavy (non-hydrogen) atoms. The Hall–Kier alpha value is -1.04. The van der Waals surface area contributed by atoms with Crippen LogP contribution in [0.2, 0.25) is 18.1 Å². The van der Waals surface area contributed by atoms with Crippen molar-refractivity contribution >= 4 is 19.7 Å². The zero-order chi connectivity index (χ0) is 17.1. The number of nitrogens with two attached hydrogens (primary N) is 1. The Kier molecular flexibility index (Phi) is 5.76. The Labute approximate surface area is 142 Å². The smallest absolute Gasteiger partial charge is 0.192 e. The second-order valence-electron chi connectivity index (χ2n) is 8.03. The monoisotopic (exact) mass is 335 g/mol. The van der Waals surface area contributed by atoms with E-state index in [4.69, 9.17) is 10.2 Å². The van der Waals surface area contributed by atoms with Gasteiger partial charge in [-0.15, -0.1) is 0 Å². The molecule has 2 N–H and O–H groups in total. The highest BCUT2D eigenvalue weighted by atomic mass is 28.4. The summed E-state index contributed by atoms with van der Waals surface area (Å²) in [5.41, 5.74) is 7.96. The van der Waals surface area contributed by atoms with Crippen LogP contribution in [-0.2, 0) is 4.43 Å². The van der Waals surface area contributed by atoms with E-state index in [0.29, 0.717) is 5.04 Å². The van der Waals surface area contributed by atoms with Gasteiger partial charge >= 0.3 is 0 Å². The zero-order valence-corrected chi connectivity index (χ0v) is 16.4. The zero-order valence-electron chi connectivity index (χ0n) is 15.4. The summed E-state index contributed by atoms with van der Waals surface area (Å²) in [5, 5.41) is 0.291. The van der Waals surface area contributed by atoms with Crippen molar-refractivity contribution in [3.8, 4) is 0 Å². The van der Waals surface area contributed by atoms with E-state index in [1.807, 2.05) is 12.1 Å². The maximum absolute atomic E-state index is 6.29. The molecule has 1 saturated heterocycles. The molecule has 0 bridgehead atoms. The van der Waals surface area contributed by atoms with Crippen LogP contribution in [0.1, 0.15) is 20.8 Å². The lowest BCUT2D eigenvalue weighted by Crippen LogP contribution is -2.48. The Morgan fingerprint density at radius 3 is 2.35 bits per heavy atom. The number of hydrogen-bond acceptors (Lipinski definition) is 4. The second kappa shape index (κ2) is 7.24. The first kappa shape index (κ1) is 18.3. The lowest BCUT2D eigenvalue weighted by molar-refractivity contribution is 0.191. The first-order valence-corrected chi connectivity index (χ1v) is 11.6. The van der Waals surface area contributed by atoms with Crippen LogP contribution in [0.5, 0.6) is 0 Å². The van der Waals surface area contributed by atoms with Crippen molar-refractivity contribution in [3.63, 3.8) is 0 Å². The Morgan fingerprint density at radius 1 is 1.13 bits per heavy atom. The average Bonchev–Trinajstić information content (AvgIpc) is 2.46. The van der Waals surface area contributed by atoms with Gasteiger partial charge in [-0.2, -0.15) is 0 Å². The van der Waals surface area contributed by atoms with Crippen molar-refractivity contribution in [1.29, 1.82) is 0 Å². The van der Waals surface area contributed by atoms with Crippen molar-refractivity contribution in [2.75, 3.05) is 50.0 Å². The minimum atomic E-state index is -1.61. The van der Waals surface area contributed by atoms with E-state index in [9.17, 15) is 0 Å². The molecule has 130 valence electrons. The third-order valence-corrected chi connectivity index (χ3v) is 9.82. The number of nitrogens with zero attached hydrogens (tertiary/aromatic N) is 2. The fraction of sp³-hybridized carbons (Fsp3) is 0.667. The summed E-state index contributed by atoms with van der Waals surface area (Å²) in [6.07, 6.45) is 0. The van der Waals surface area contributed by atoms with Crippen LogP contribution >= 0.6 is 0 Å². The maximum atomic E-state index is 6.29. The van der Waals surface area contributed by atoms with E-state index < -0.39 is 8.32 Å². The number of benzene rings is 1. The summed E-state index contributed by atoms with van der Waals surface area (Å²) >= 11 is 0. The van der Waals surface area contributed by atoms with E-state index in [2.05, 4.69) is 55.8 Å². The quantitative estimate of drug-likeness (QED) is 0.661. The Balaban J connectivity index is 1.75. The van der Waals surface area contributed by atoms with Crippen LogP contribution < -0.4 is 10.6 Å². The molecule has 0 spiro atoms. The first-order valence-electron chi connectivity index (χ1n) is 8.66. The van der Waals surface area contributed by atoms with Crippen molar-refractivity contribution in [3.05, 3.63) is 24.3 Å². The number of rotatable bonds is 5. The predicted molar refractivity (Wildman–Crippen MR) is 103 cm³/mol. The van der Waals surface area contributed by atoms with Gasteiger partial charge in [-0.05, 0) is 36.3 Å². The van der Waals surface area contributed by atoms with Crippen molar-refractivity contribution in [2.45, 2.75) is 38.9 Å². The van der Waals surface area contributed by atoms with Gasteiger partial charge < -0.3 is 15.1 Å². The summed E-state index contributed by atoms with van der Waals surface area (Å²) in [7, 11) is -1.61. The minimum absolute atomic E-state index is 0.291. The van der Waals surface area contributed by atoms with E-state index in [1.165, 1.54) is 5.69 Å². The van der Waals surface area contributed by atoms with E-state index in [0.717, 1.165) is 45.0 Å². The number of nitrogen functional groups attached to an aromatic ring is 1. The Bertz CT molecular complexity index is 505. The molecule has 1 aliphatic heterocycles. The minimum Gasteiger partial charge on any atom is -0.416 e. The molecule has 2 rings (SSSR count). The van der Waals surface area contributed by atoms with Gasteiger partial charge in [0.2, 0.25) is 0 Å². The van der Waals surface area contributed by atoms with E-state index in [1.54, 1.807) is 0 Å². The normalized spacial score (nSPS) is 17.5. The number of anilines is 2. The van der Waals surface area contributed by atoms with Crippen LogP contribution in [0.15, 0.2) is 24.3 Å². The van der Waals surface area contributed by atoms with Crippen LogP contribution in [0.4, 0.5) is 11.4 Å². The van der Waals surface area contributed by atoms with Crippen LogP contribution in [0, 0.1) is 0 Å². The van der Waals surface area contributed by atoms with Gasteiger partial charge in [0.1, 0.15) is 0 Å². The largest absolute Gasteiger partial charge is 0.416 e.